The summed E-state index contributed by atoms with van der Waals surface area (Å²) in [6, 6.07) is 16.2. The summed E-state index contributed by atoms with van der Waals surface area (Å²) in [7, 11) is 0. The minimum absolute atomic E-state index is 0.0737. The lowest BCUT2D eigenvalue weighted by atomic mass is 10.0. The lowest BCUT2D eigenvalue weighted by molar-refractivity contribution is 0.0517. The van der Waals surface area contributed by atoms with Gasteiger partial charge in [0.15, 0.2) is 5.69 Å². The highest BCUT2D eigenvalue weighted by Crippen LogP contribution is 2.30. The van der Waals surface area contributed by atoms with Crippen LogP contribution in [-0.2, 0) is 11.2 Å². The third-order valence-corrected chi connectivity index (χ3v) is 6.73. The molecule has 178 valence electrons. The molecule has 6 heteroatoms. The Bertz CT molecular complexity index is 1170. The second kappa shape index (κ2) is 10.2. The summed E-state index contributed by atoms with van der Waals surface area (Å²) in [4.78, 5) is 27.4. The molecule has 1 saturated heterocycles. The molecule has 0 radical (unpaired) electrons. The molecule has 6 nitrogen and oxygen atoms in total. The highest BCUT2D eigenvalue weighted by molar-refractivity contribution is 5.94. The number of piperidine rings is 1. The number of aromatic nitrogens is 2. The van der Waals surface area contributed by atoms with Crippen molar-refractivity contribution in [1.82, 2.24) is 14.7 Å². The topological polar surface area (TPSA) is 64.4 Å². The van der Waals surface area contributed by atoms with E-state index in [4.69, 9.17) is 4.74 Å². The molecule has 0 unspecified atom stereocenters. The Hall–Kier alpha value is -3.41. The number of ether oxygens (including phenoxy) is 1. The molecule has 1 amide bonds. The van der Waals surface area contributed by atoms with Crippen LogP contribution in [0.1, 0.15) is 70.3 Å². The van der Waals surface area contributed by atoms with Crippen LogP contribution in [0.3, 0.4) is 0 Å². The van der Waals surface area contributed by atoms with E-state index in [2.05, 4.69) is 43.2 Å². The fourth-order valence-electron chi connectivity index (χ4n) is 4.47. The smallest absolute Gasteiger partial charge is 0.358 e. The summed E-state index contributed by atoms with van der Waals surface area (Å²) in [5.41, 5.74) is 6.57. The number of rotatable bonds is 6. The van der Waals surface area contributed by atoms with Crippen molar-refractivity contribution in [2.75, 3.05) is 19.7 Å². The number of carbonyl (C=O) groups excluding carboxylic acids is 2. The van der Waals surface area contributed by atoms with Crippen LogP contribution in [0, 0.1) is 13.8 Å². The van der Waals surface area contributed by atoms with E-state index in [-0.39, 0.29) is 11.9 Å². The Morgan fingerprint density at radius 3 is 2.29 bits per heavy atom. The van der Waals surface area contributed by atoms with E-state index in [0.717, 1.165) is 41.6 Å². The monoisotopic (exact) mass is 459 g/mol. The fourth-order valence-corrected chi connectivity index (χ4v) is 4.47. The Balaban J connectivity index is 1.55. The van der Waals surface area contributed by atoms with Crippen LogP contribution in [0.5, 0.6) is 0 Å². The quantitative estimate of drug-likeness (QED) is 0.464. The molecule has 0 bridgehead atoms. The van der Waals surface area contributed by atoms with Gasteiger partial charge in [0.25, 0.3) is 5.91 Å². The molecule has 1 aliphatic rings. The number of likely N-dealkylation sites (tertiary alicyclic amines) is 1. The predicted octanol–water partition coefficient (Wildman–Crippen LogP) is 5.38. The van der Waals surface area contributed by atoms with E-state index in [1.54, 1.807) is 6.92 Å². The number of carbonyl (C=O) groups is 2. The van der Waals surface area contributed by atoms with Crippen molar-refractivity contribution in [3.05, 3.63) is 76.5 Å². The van der Waals surface area contributed by atoms with Crippen molar-refractivity contribution in [1.29, 1.82) is 0 Å². The minimum Gasteiger partial charge on any atom is -0.461 e. The number of amides is 1. The van der Waals surface area contributed by atoms with Gasteiger partial charge in [0.1, 0.15) is 0 Å². The van der Waals surface area contributed by atoms with Gasteiger partial charge in [-0.05, 0) is 80.5 Å². The molecule has 1 aromatic heterocycles. The van der Waals surface area contributed by atoms with Gasteiger partial charge in [-0.15, -0.1) is 0 Å². The Kier molecular flexibility index (Phi) is 7.15. The van der Waals surface area contributed by atoms with E-state index in [1.807, 2.05) is 40.8 Å². The summed E-state index contributed by atoms with van der Waals surface area (Å²) in [5.74, 6) is -0.334. The Morgan fingerprint density at radius 1 is 0.971 bits per heavy atom. The van der Waals surface area contributed by atoms with Crippen LogP contribution in [0.25, 0.3) is 11.3 Å². The fraction of sp³-hybridized carbons (Fsp3) is 0.393. The van der Waals surface area contributed by atoms with Crippen LogP contribution in [0.15, 0.2) is 48.5 Å². The first kappa shape index (κ1) is 23.7. The summed E-state index contributed by atoms with van der Waals surface area (Å²) in [6.07, 6.45) is 2.53. The van der Waals surface area contributed by atoms with Crippen molar-refractivity contribution in [2.24, 2.45) is 0 Å². The highest BCUT2D eigenvalue weighted by atomic mass is 16.5. The molecule has 2 aromatic carbocycles. The third kappa shape index (κ3) is 4.91. The van der Waals surface area contributed by atoms with E-state index < -0.39 is 5.97 Å². The lowest BCUT2D eigenvalue weighted by Gasteiger charge is -2.33. The first-order chi connectivity index (χ1) is 16.4. The molecule has 0 saturated carbocycles. The number of aryl methyl sites for hydroxylation is 3. The number of hydrogen-bond donors (Lipinski definition) is 0. The largest absolute Gasteiger partial charge is 0.461 e. The van der Waals surface area contributed by atoms with Gasteiger partial charge in [-0.1, -0.05) is 37.3 Å². The predicted molar refractivity (Wildman–Crippen MR) is 133 cm³/mol. The first-order valence-corrected chi connectivity index (χ1v) is 12.1. The molecule has 1 fully saturated rings. The number of benzene rings is 2. The zero-order chi connectivity index (χ0) is 24.2. The van der Waals surface area contributed by atoms with Gasteiger partial charge in [-0.3, -0.25) is 9.48 Å². The van der Waals surface area contributed by atoms with Crippen molar-refractivity contribution < 1.29 is 14.3 Å². The summed E-state index contributed by atoms with van der Waals surface area (Å²) < 4.78 is 7.17. The third-order valence-electron chi connectivity index (χ3n) is 6.73. The van der Waals surface area contributed by atoms with Crippen LogP contribution >= 0.6 is 0 Å². The second-order valence-electron chi connectivity index (χ2n) is 8.95. The SMILES string of the molecule is CCOC(=O)c1cc(-c2ccc(CC)cc2)n(C2CCN(C(=O)c3ccc(C)c(C)c3)CC2)n1. The number of hydrogen-bond acceptors (Lipinski definition) is 4. The van der Waals surface area contributed by atoms with Gasteiger partial charge in [0.2, 0.25) is 0 Å². The van der Waals surface area contributed by atoms with Crippen LogP contribution in [0.4, 0.5) is 0 Å². The van der Waals surface area contributed by atoms with Gasteiger partial charge in [0.05, 0.1) is 18.3 Å². The number of nitrogens with zero attached hydrogens (tertiary/aromatic N) is 3. The van der Waals surface area contributed by atoms with Gasteiger partial charge >= 0.3 is 5.97 Å². The van der Waals surface area contributed by atoms with Crippen molar-refractivity contribution in [3.8, 4) is 11.3 Å². The van der Waals surface area contributed by atoms with Gasteiger partial charge < -0.3 is 9.64 Å². The molecular weight excluding hydrogens is 426 g/mol. The van der Waals surface area contributed by atoms with Gasteiger partial charge in [-0.25, -0.2) is 4.79 Å². The molecule has 2 heterocycles. The maximum absolute atomic E-state index is 13.1. The highest BCUT2D eigenvalue weighted by Gasteiger charge is 2.28. The lowest BCUT2D eigenvalue weighted by Crippen LogP contribution is -2.39. The second-order valence-corrected chi connectivity index (χ2v) is 8.95. The van der Waals surface area contributed by atoms with Crippen LogP contribution in [0.2, 0.25) is 0 Å². The van der Waals surface area contributed by atoms with Crippen LogP contribution < -0.4 is 0 Å². The van der Waals surface area contributed by atoms with Gasteiger partial charge in [-0.2, -0.15) is 5.10 Å². The van der Waals surface area contributed by atoms with Gasteiger partial charge in [0, 0.05) is 18.7 Å². The number of esters is 1. The van der Waals surface area contributed by atoms with E-state index in [0.29, 0.717) is 25.4 Å². The van der Waals surface area contributed by atoms with Crippen molar-refractivity contribution in [2.45, 2.75) is 53.0 Å². The van der Waals surface area contributed by atoms with E-state index in [9.17, 15) is 9.59 Å². The first-order valence-electron chi connectivity index (χ1n) is 12.1. The molecule has 0 aliphatic carbocycles. The molecule has 4 rings (SSSR count). The molecule has 3 aromatic rings. The maximum atomic E-state index is 13.1. The molecule has 1 aliphatic heterocycles. The molecule has 0 N–H and O–H groups in total. The van der Waals surface area contributed by atoms with E-state index >= 15 is 0 Å². The molecular formula is C28H33N3O3. The molecule has 0 atom stereocenters. The Labute approximate surface area is 201 Å². The van der Waals surface area contributed by atoms with E-state index in [1.165, 1.54) is 11.1 Å². The Morgan fingerprint density at radius 2 is 1.68 bits per heavy atom. The maximum Gasteiger partial charge on any atom is 0.358 e. The zero-order valence-corrected chi connectivity index (χ0v) is 20.5. The molecule has 34 heavy (non-hydrogen) atoms. The van der Waals surface area contributed by atoms with Crippen LogP contribution in [-0.4, -0.2) is 46.3 Å². The average Bonchev–Trinajstić information content (AvgIpc) is 3.31. The molecule has 0 spiro atoms. The zero-order valence-electron chi connectivity index (χ0n) is 20.5. The summed E-state index contributed by atoms with van der Waals surface area (Å²) in [5, 5.41) is 4.66. The standard InChI is InChI=1S/C28H33N3O3/c1-5-21-8-11-22(12-9-21)26-18-25(28(33)34-6-2)29-31(26)24-13-15-30(16-14-24)27(32)23-10-7-19(3)20(4)17-23/h7-12,17-18,24H,5-6,13-16H2,1-4H3. The average molecular weight is 460 g/mol. The summed E-state index contributed by atoms with van der Waals surface area (Å²) in [6.45, 7) is 9.62. The summed E-state index contributed by atoms with van der Waals surface area (Å²) >= 11 is 0. The normalized spacial score (nSPS) is 14.3. The van der Waals surface area contributed by atoms with Crippen molar-refractivity contribution >= 4 is 11.9 Å². The van der Waals surface area contributed by atoms with Crippen molar-refractivity contribution in [3.63, 3.8) is 0 Å². The minimum atomic E-state index is -0.407.